The van der Waals surface area contributed by atoms with E-state index in [2.05, 4.69) is 20.4 Å². The van der Waals surface area contributed by atoms with Gasteiger partial charge >= 0.3 is 6.61 Å². The molecule has 0 aliphatic carbocycles. The number of rotatable bonds is 7. The Morgan fingerprint density at radius 3 is 2.60 bits per heavy atom. The minimum Gasteiger partial charge on any atom is -0.433 e. The molecule has 11 heteroatoms. The SMILES string of the molecule is CN=C(NCCS(=O)(=O)C(C)(C)C)NC1CCN(c2ccccc2OC(F)F)C1.I. The van der Waals surface area contributed by atoms with Crippen LogP contribution in [0.25, 0.3) is 0 Å². The standard InChI is InChI=1S/C19H30F2N4O3S.HI/c1-19(2,3)29(26,27)12-10-23-18(22-4)24-14-9-11-25(13-14)15-7-5-6-8-16(15)28-17(20)21;/h5-8,14,17H,9-13H2,1-4H3,(H2,22,23,24);1H. The molecule has 0 radical (unpaired) electrons. The molecule has 1 fully saturated rings. The van der Waals surface area contributed by atoms with E-state index in [-0.39, 0.29) is 48.1 Å². The molecule has 2 N–H and O–H groups in total. The fourth-order valence-electron chi connectivity index (χ4n) is 3.01. The van der Waals surface area contributed by atoms with Gasteiger partial charge in [-0.1, -0.05) is 12.1 Å². The summed E-state index contributed by atoms with van der Waals surface area (Å²) in [5, 5.41) is 6.30. The smallest absolute Gasteiger partial charge is 0.387 e. The van der Waals surface area contributed by atoms with Crippen LogP contribution in [0.2, 0.25) is 0 Å². The first-order valence-electron chi connectivity index (χ1n) is 9.52. The van der Waals surface area contributed by atoms with Gasteiger partial charge in [-0.15, -0.1) is 24.0 Å². The highest BCUT2D eigenvalue weighted by Crippen LogP contribution is 2.31. The van der Waals surface area contributed by atoms with Gasteiger partial charge in [0.15, 0.2) is 15.8 Å². The van der Waals surface area contributed by atoms with E-state index < -0.39 is 21.2 Å². The molecule has 1 aromatic rings. The lowest BCUT2D eigenvalue weighted by Crippen LogP contribution is -2.46. The van der Waals surface area contributed by atoms with E-state index in [9.17, 15) is 17.2 Å². The van der Waals surface area contributed by atoms with Crippen LogP contribution in [-0.2, 0) is 9.84 Å². The number of halogens is 3. The van der Waals surface area contributed by atoms with Crippen molar-refractivity contribution in [1.29, 1.82) is 0 Å². The summed E-state index contributed by atoms with van der Waals surface area (Å²) in [5.41, 5.74) is 0.622. The second kappa shape index (κ2) is 11.3. The molecule has 0 saturated carbocycles. The Kier molecular flexibility index (Phi) is 10.0. The summed E-state index contributed by atoms with van der Waals surface area (Å²) >= 11 is 0. The van der Waals surface area contributed by atoms with Gasteiger partial charge in [-0.05, 0) is 39.3 Å². The van der Waals surface area contributed by atoms with Crippen molar-refractivity contribution >= 4 is 45.5 Å². The predicted octanol–water partition coefficient (Wildman–Crippen LogP) is 2.86. The maximum Gasteiger partial charge on any atom is 0.387 e. The molecule has 0 bridgehead atoms. The Bertz CT molecular complexity index is 816. The molecule has 1 atom stereocenters. The fourth-order valence-corrected chi connectivity index (χ4v) is 3.99. The number of aliphatic imine (C=N–C) groups is 1. The molecule has 1 aliphatic heterocycles. The summed E-state index contributed by atoms with van der Waals surface area (Å²) in [6.45, 7) is 3.68. The number of sulfone groups is 1. The number of benzene rings is 1. The Morgan fingerprint density at radius 2 is 2.00 bits per heavy atom. The molecule has 0 amide bonds. The van der Waals surface area contributed by atoms with E-state index in [0.29, 0.717) is 24.7 Å². The molecule has 1 aromatic carbocycles. The zero-order valence-corrected chi connectivity index (χ0v) is 20.8. The van der Waals surface area contributed by atoms with Crippen molar-refractivity contribution in [2.75, 3.05) is 37.3 Å². The van der Waals surface area contributed by atoms with Crippen molar-refractivity contribution in [2.45, 2.75) is 44.6 Å². The van der Waals surface area contributed by atoms with E-state index in [1.165, 1.54) is 6.07 Å². The van der Waals surface area contributed by atoms with Crippen molar-refractivity contribution in [3.8, 4) is 5.75 Å². The first-order valence-corrected chi connectivity index (χ1v) is 11.2. The molecule has 1 aliphatic rings. The Balaban J connectivity index is 0.00000450. The lowest BCUT2D eigenvalue weighted by molar-refractivity contribution is -0.0495. The molecule has 1 saturated heterocycles. The van der Waals surface area contributed by atoms with Crippen LogP contribution in [0.5, 0.6) is 5.75 Å². The van der Waals surface area contributed by atoms with E-state index in [1.54, 1.807) is 46.0 Å². The predicted molar refractivity (Wildman–Crippen MR) is 127 cm³/mol. The van der Waals surface area contributed by atoms with Gasteiger partial charge in [0, 0.05) is 32.7 Å². The molecule has 7 nitrogen and oxygen atoms in total. The molecule has 2 rings (SSSR count). The summed E-state index contributed by atoms with van der Waals surface area (Å²) in [4.78, 5) is 6.12. The molecule has 0 aromatic heterocycles. The molecular formula is C19H31F2IN4O3S. The van der Waals surface area contributed by atoms with E-state index in [1.807, 2.05) is 4.90 Å². The summed E-state index contributed by atoms with van der Waals surface area (Å²) in [5.74, 6) is 0.669. The largest absolute Gasteiger partial charge is 0.433 e. The third-order valence-corrected chi connectivity index (χ3v) is 7.38. The third-order valence-electron chi connectivity index (χ3n) is 4.77. The van der Waals surface area contributed by atoms with Crippen molar-refractivity contribution in [1.82, 2.24) is 10.6 Å². The number of nitrogens with one attached hydrogen (secondary N) is 2. The van der Waals surface area contributed by atoms with Crippen LogP contribution in [-0.4, -0.2) is 64.2 Å². The number of para-hydroxylation sites is 2. The van der Waals surface area contributed by atoms with Crippen LogP contribution in [0, 0.1) is 0 Å². The first-order chi connectivity index (χ1) is 13.5. The van der Waals surface area contributed by atoms with Gasteiger partial charge in [0.05, 0.1) is 16.2 Å². The lowest BCUT2D eigenvalue weighted by atomic mass is 10.2. The van der Waals surface area contributed by atoms with Gasteiger partial charge in [-0.2, -0.15) is 8.78 Å². The van der Waals surface area contributed by atoms with Crippen LogP contribution < -0.4 is 20.3 Å². The summed E-state index contributed by atoms with van der Waals surface area (Å²) < 4.78 is 53.5. The summed E-state index contributed by atoms with van der Waals surface area (Å²) in [7, 11) is -1.60. The molecule has 30 heavy (non-hydrogen) atoms. The van der Waals surface area contributed by atoms with Crippen molar-refractivity contribution < 1.29 is 21.9 Å². The van der Waals surface area contributed by atoms with Crippen LogP contribution >= 0.6 is 24.0 Å². The number of anilines is 1. The van der Waals surface area contributed by atoms with Crippen molar-refractivity contribution in [2.24, 2.45) is 4.99 Å². The third kappa shape index (κ3) is 7.40. The molecule has 0 spiro atoms. The van der Waals surface area contributed by atoms with Gasteiger partial charge in [-0.3, -0.25) is 4.99 Å². The van der Waals surface area contributed by atoms with Crippen molar-refractivity contribution in [3.63, 3.8) is 0 Å². The van der Waals surface area contributed by atoms with Crippen LogP contribution in [0.3, 0.4) is 0 Å². The van der Waals surface area contributed by atoms with Gasteiger partial charge in [0.25, 0.3) is 0 Å². The number of guanidine groups is 1. The first kappa shape index (κ1) is 26.7. The molecule has 1 heterocycles. The maximum absolute atomic E-state index is 12.6. The molecular weight excluding hydrogens is 529 g/mol. The highest BCUT2D eigenvalue weighted by Gasteiger charge is 2.29. The zero-order chi connectivity index (χ0) is 21.7. The summed E-state index contributed by atoms with van der Waals surface area (Å²) in [6, 6.07) is 6.76. The average Bonchev–Trinajstić information content (AvgIpc) is 3.08. The Labute approximate surface area is 194 Å². The number of nitrogens with zero attached hydrogens (tertiary/aromatic N) is 2. The van der Waals surface area contributed by atoms with Gasteiger partial charge in [-0.25, -0.2) is 8.42 Å². The van der Waals surface area contributed by atoms with E-state index in [4.69, 9.17) is 0 Å². The second-order valence-corrected chi connectivity index (χ2v) is 10.7. The highest BCUT2D eigenvalue weighted by atomic mass is 127. The minimum atomic E-state index is -3.22. The topological polar surface area (TPSA) is 83.0 Å². The van der Waals surface area contributed by atoms with E-state index >= 15 is 0 Å². The van der Waals surface area contributed by atoms with Gasteiger partial charge in [0.2, 0.25) is 0 Å². The van der Waals surface area contributed by atoms with E-state index in [0.717, 1.165) is 6.42 Å². The normalized spacial score (nSPS) is 17.6. The van der Waals surface area contributed by atoms with Crippen molar-refractivity contribution in [3.05, 3.63) is 24.3 Å². The second-order valence-electron chi connectivity index (χ2n) is 7.85. The summed E-state index contributed by atoms with van der Waals surface area (Å²) in [6.07, 6.45) is 0.782. The zero-order valence-electron chi connectivity index (χ0n) is 17.7. The number of ether oxygens (including phenoxy) is 1. The number of hydrogen-bond donors (Lipinski definition) is 2. The van der Waals surface area contributed by atoms with Gasteiger partial charge in [0.1, 0.15) is 5.75 Å². The molecule has 1 unspecified atom stereocenters. The van der Waals surface area contributed by atoms with Crippen LogP contribution in [0.4, 0.5) is 14.5 Å². The highest BCUT2D eigenvalue weighted by molar-refractivity contribution is 14.0. The lowest BCUT2D eigenvalue weighted by Gasteiger charge is -2.23. The maximum atomic E-state index is 12.6. The quantitative estimate of drug-likeness (QED) is 0.303. The monoisotopic (exact) mass is 560 g/mol. The average molecular weight is 560 g/mol. The van der Waals surface area contributed by atoms with Crippen LogP contribution in [0.15, 0.2) is 29.3 Å². The number of hydrogen-bond acceptors (Lipinski definition) is 5. The number of alkyl halides is 2. The Hall–Kier alpha value is -1.37. The van der Waals surface area contributed by atoms with Crippen LogP contribution in [0.1, 0.15) is 27.2 Å². The van der Waals surface area contributed by atoms with Gasteiger partial charge < -0.3 is 20.3 Å². The fraction of sp³-hybridized carbons (Fsp3) is 0.632. The minimum absolute atomic E-state index is 0. The Morgan fingerprint density at radius 1 is 1.33 bits per heavy atom. The molecule has 172 valence electrons.